The standard InChI is InChI=1S/C8H6OTe/c9-7-1-2-8-6(5-7)3-4-10-8/h1-5,9H. The van der Waals surface area contributed by atoms with E-state index in [9.17, 15) is 0 Å². The number of phenols is 1. The van der Waals surface area contributed by atoms with Crippen LogP contribution in [0, 0.1) is 0 Å². The molecule has 1 N–H and O–H groups in total. The molecule has 1 nitrogen and oxygen atoms in total. The van der Waals surface area contributed by atoms with Gasteiger partial charge in [-0.15, -0.1) is 0 Å². The van der Waals surface area contributed by atoms with Gasteiger partial charge in [0.15, 0.2) is 0 Å². The molecule has 0 saturated heterocycles. The molecule has 0 saturated carbocycles. The van der Waals surface area contributed by atoms with Gasteiger partial charge in [-0.25, -0.2) is 0 Å². The summed E-state index contributed by atoms with van der Waals surface area (Å²) in [6.45, 7) is 0. The van der Waals surface area contributed by atoms with Gasteiger partial charge in [0.1, 0.15) is 0 Å². The molecule has 0 aliphatic heterocycles. The zero-order valence-electron chi connectivity index (χ0n) is 5.24. The molecule has 1 aromatic carbocycles. The quantitative estimate of drug-likeness (QED) is 0.699. The number of hydrogen-bond acceptors (Lipinski definition) is 1. The Morgan fingerprint density at radius 1 is 1.20 bits per heavy atom. The van der Waals surface area contributed by atoms with E-state index in [1.165, 1.54) is 8.79 Å². The number of aromatic hydroxyl groups is 1. The zero-order valence-corrected chi connectivity index (χ0v) is 7.57. The summed E-state index contributed by atoms with van der Waals surface area (Å²) in [7, 11) is 0. The molecular formula is C8H6OTe. The van der Waals surface area contributed by atoms with Crippen LogP contribution in [0.5, 0.6) is 5.75 Å². The zero-order chi connectivity index (χ0) is 6.97. The van der Waals surface area contributed by atoms with E-state index in [1.54, 1.807) is 6.07 Å². The first kappa shape index (κ1) is 6.27. The van der Waals surface area contributed by atoms with Crippen molar-refractivity contribution in [3.05, 3.63) is 28.3 Å². The fourth-order valence-electron chi connectivity index (χ4n) is 0.954. The molecule has 2 heteroatoms. The normalized spacial score (nSPS) is 10.4. The van der Waals surface area contributed by atoms with Crippen LogP contribution in [0.4, 0.5) is 0 Å². The molecule has 50 valence electrons. The molecular weight excluding hydrogens is 240 g/mol. The van der Waals surface area contributed by atoms with E-state index in [0.717, 1.165) is 0 Å². The van der Waals surface area contributed by atoms with Crippen molar-refractivity contribution < 1.29 is 5.11 Å². The molecule has 0 amide bonds. The molecule has 0 atom stereocenters. The molecule has 2 aromatic rings. The van der Waals surface area contributed by atoms with Crippen LogP contribution in [0.15, 0.2) is 28.3 Å². The Labute approximate surface area is 68.5 Å². The third-order valence-corrected chi connectivity index (χ3v) is 4.00. The summed E-state index contributed by atoms with van der Waals surface area (Å²) < 4.78 is 3.66. The summed E-state index contributed by atoms with van der Waals surface area (Å²) in [6.07, 6.45) is 0. The number of phenolic OH excluding ortho intramolecular Hbond substituents is 1. The average molecular weight is 246 g/mol. The average Bonchev–Trinajstić information content (AvgIpc) is 2.33. The topological polar surface area (TPSA) is 20.2 Å². The van der Waals surface area contributed by atoms with Crippen LogP contribution in [-0.2, 0) is 0 Å². The molecule has 1 heterocycles. The predicted octanol–water partition coefficient (Wildman–Crippen LogP) is 1.60. The van der Waals surface area contributed by atoms with Gasteiger partial charge in [0.25, 0.3) is 0 Å². The molecule has 2 rings (SSSR count). The van der Waals surface area contributed by atoms with Crippen LogP contribution in [0.2, 0.25) is 0 Å². The number of fused-ring (bicyclic) bond motifs is 1. The minimum atomic E-state index is -0.0440. The first-order valence-electron chi connectivity index (χ1n) is 3.02. The van der Waals surface area contributed by atoms with Crippen molar-refractivity contribution >= 4 is 29.2 Å². The Hall–Kier alpha value is -0.450. The van der Waals surface area contributed by atoms with Crippen molar-refractivity contribution in [1.82, 2.24) is 0 Å². The van der Waals surface area contributed by atoms with Crippen molar-refractivity contribution in [2.24, 2.45) is 0 Å². The van der Waals surface area contributed by atoms with Crippen molar-refractivity contribution in [3.63, 3.8) is 0 Å². The van der Waals surface area contributed by atoms with Crippen LogP contribution >= 0.6 is 0 Å². The second kappa shape index (κ2) is 2.30. The first-order chi connectivity index (χ1) is 4.86. The Morgan fingerprint density at radius 2 is 2.10 bits per heavy atom. The van der Waals surface area contributed by atoms with E-state index >= 15 is 0 Å². The van der Waals surface area contributed by atoms with Crippen LogP contribution in [0.25, 0.3) is 8.79 Å². The van der Waals surface area contributed by atoms with Gasteiger partial charge in [0.2, 0.25) is 0 Å². The van der Waals surface area contributed by atoms with Crippen molar-refractivity contribution in [2.45, 2.75) is 0 Å². The van der Waals surface area contributed by atoms with Crippen molar-refractivity contribution in [1.29, 1.82) is 0 Å². The van der Waals surface area contributed by atoms with E-state index in [0.29, 0.717) is 5.75 Å². The summed E-state index contributed by atoms with van der Waals surface area (Å²) in [5.74, 6) is 0.373. The van der Waals surface area contributed by atoms with Gasteiger partial charge >= 0.3 is 68.4 Å². The van der Waals surface area contributed by atoms with E-state index in [1.807, 2.05) is 12.1 Å². The van der Waals surface area contributed by atoms with Crippen LogP contribution < -0.4 is 0 Å². The number of benzene rings is 1. The Balaban J connectivity index is 2.86. The Bertz CT molecular complexity index is 351. The third kappa shape index (κ3) is 0.941. The van der Waals surface area contributed by atoms with E-state index in [2.05, 4.69) is 10.1 Å². The van der Waals surface area contributed by atoms with E-state index in [4.69, 9.17) is 5.11 Å². The maximum atomic E-state index is 9.08. The van der Waals surface area contributed by atoms with E-state index in [-0.39, 0.29) is 20.4 Å². The third-order valence-electron chi connectivity index (χ3n) is 1.44. The number of rotatable bonds is 0. The summed E-state index contributed by atoms with van der Waals surface area (Å²) in [5, 5.41) is 10.3. The van der Waals surface area contributed by atoms with Gasteiger partial charge < -0.3 is 0 Å². The monoisotopic (exact) mass is 248 g/mol. The summed E-state index contributed by atoms with van der Waals surface area (Å²) >= 11 is -0.0440. The summed E-state index contributed by atoms with van der Waals surface area (Å²) in [4.78, 5) is 0. The molecule has 0 aliphatic carbocycles. The second-order valence-corrected chi connectivity index (χ2v) is 4.85. The predicted molar refractivity (Wildman–Crippen MR) is 42.6 cm³/mol. The van der Waals surface area contributed by atoms with Gasteiger partial charge in [-0.3, -0.25) is 0 Å². The van der Waals surface area contributed by atoms with Crippen LogP contribution in [-0.4, -0.2) is 25.5 Å². The van der Waals surface area contributed by atoms with Crippen molar-refractivity contribution in [2.75, 3.05) is 0 Å². The van der Waals surface area contributed by atoms with Gasteiger partial charge in [-0.2, -0.15) is 0 Å². The molecule has 0 spiro atoms. The molecule has 0 radical (unpaired) electrons. The SMILES string of the molecule is Oc1ccc2[te]ccc2c1. The van der Waals surface area contributed by atoms with Crippen LogP contribution in [0.3, 0.4) is 0 Å². The Kier molecular flexibility index (Phi) is 1.44. The summed E-state index contributed by atoms with van der Waals surface area (Å²) in [5.41, 5.74) is 0. The molecule has 10 heavy (non-hydrogen) atoms. The molecule has 1 aromatic heterocycles. The number of hydrogen-bond donors (Lipinski definition) is 1. The fraction of sp³-hybridized carbons (Fsp3) is 0. The van der Waals surface area contributed by atoms with E-state index < -0.39 is 0 Å². The molecule has 0 aliphatic rings. The molecule has 0 unspecified atom stereocenters. The summed E-state index contributed by atoms with van der Waals surface area (Å²) in [6, 6.07) is 7.70. The Morgan fingerprint density at radius 3 is 3.00 bits per heavy atom. The maximum absolute atomic E-state index is 9.08. The molecule has 0 bridgehead atoms. The van der Waals surface area contributed by atoms with Gasteiger partial charge in [0.05, 0.1) is 0 Å². The van der Waals surface area contributed by atoms with Gasteiger partial charge in [-0.1, -0.05) is 0 Å². The van der Waals surface area contributed by atoms with Crippen LogP contribution in [0.1, 0.15) is 0 Å². The second-order valence-electron chi connectivity index (χ2n) is 2.14. The minimum absolute atomic E-state index is 0.0440. The molecule has 0 fully saturated rings. The van der Waals surface area contributed by atoms with Gasteiger partial charge in [0, 0.05) is 0 Å². The van der Waals surface area contributed by atoms with Gasteiger partial charge in [-0.05, 0) is 0 Å². The fourth-order valence-corrected chi connectivity index (χ4v) is 3.15. The first-order valence-corrected chi connectivity index (χ1v) is 5.53. The van der Waals surface area contributed by atoms with Crippen molar-refractivity contribution in [3.8, 4) is 5.75 Å².